The second-order valence-electron chi connectivity index (χ2n) is 6.33. The van der Waals surface area contributed by atoms with Crippen molar-refractivity contribution in [3.8, 4) is 5.75 Å². The molecule has 1 aliphatic heterocycles. The predicted octanol–water partition coefficient (Wildman–Crippen LogP) is 3.09. The van der Waals surface area contributed by atoms with E-state index in [2.05, 4.69) is 10.1 Å². The molecule has 0 spiro atoms. The molecule has 3 aromatic rings. The SMILES string of the molecule is O=C(O)C(F)(F)F.O=S(=O)(c1cccs1)N1CCc2onc(COc3cccnc3)c2C1. The number of hydrogen-bond donors (Lipinski definition) is 1. The number of carboxylic acids is 1. The van der Waals surface area contributed by atoms with Crippen molar-refractivity contribution in [2.75, 3.05) is 6.54 Å². The van der Waals surface area contributed by atoms with E-state index in [9.17, 15) is 21.6 Å². The number of hydrogen-bond acceptors (Lipinski definition) is 8. The van der Waals surface area contributed by atoms with Gasteiger partial charge in [-0.3, -0.25) is 4.98 Å². The van der Waals surface area contributed by atoms with Crippen molar-refractivity contribution in [1.29, 1.82) is 0 Å². The molecule has 0 bridgehead atoms. The molecule has 0 atom stereocenters. The molecule has 0 amide bonds. The number of sulfonamides is 1. The van der Waals surface area contributed by atoms with Gasteiger partial charge in [0.25, 0.3) is 10.0 Å². The van der Waals surface area contributed by atoms with Gasteiger partial charge in [-0.1, -0.05) is 11.2 Å². The highest BCUT2D eigenvalue weighted by Crippen LogP contribution is 2.29. The number of nitrogens with zero attached hydrogens (tertiary/aromatic N) is 3. The van der Waals surface area contributed by atoms with Crippen LogP contribution in [-0.2, 0) is 34.4 Å². The topological polar surface area (TPSA) is 123 Å². The molecule has 0 fully saturated rings. The minimum Gasteiger partial charge on any atom is -0.486 e. The predicted molar refractivity (Wildman–Crippen MR) is 104 cm³/mol. The summed E-state index contributed by atoms with van der Waals surface area (Å²) in [5.74, 6) is -1.41. The number of rotatable bonds is 5. The molecule has 0 aromatic carbocycles. The van der Waals surface area contributed by atoms with Crippen LogP contribution in [0.3, 0.4) is 0 Å². The quantitative estimate of drug-likeness (QED) is 0.578. The zero-order chi connectivity index (χ0) is 23.4. The lowest BCUT2D eigenvalue weighted by Crippen LogP contribution is -2.35. The van der Waals surface area contributed by atoms with E-state index in [4.69, 9.17) is 19.2 Å². The van der Waals surface area contributed by atoms with Gasteiger partial charge in [0.15, 0.2) is 0 Å². The van der Waals surface area contributed by atoms with Gasteiger partial charge < -0.3 is 14.4 Å². The van der Waals surface area contributed by atoms with Gasteiger partial charge in [-0.2, -0.15) is 17.5 Å². The van der Waals surface area contributed by atoms with E-state index >= 15 is 0 Å². The van der Waals surface area contributed by atoms with Crippen LogP contribution in [0.4, 0.5) is 13.2 Å². The molecule has 0 aliphatic carbocycles. The van der Waals surface area contributed by atoms with E-state index in [1.54, 1.807) is 42.0 Å². The first-order chi connectivity index (χ1) is 15.1. The summed E-state index contributed by atoms with van der Waals surface area (Å²) in [5, 5.41) is 12.9. The van der Waals surface area contributed by atoms with Crippen LogP contribution in [0, 0.1) is 0 Å². The third kappa shape index (κ3) is 5.63. The Hall–Kier alpha value is -2.97. The van der Waals surface area contributed by atoms with Crippen molar-refractivity contribution in [2.24, 2.45) is 0 Å². The molecule has 0 radical (unpaired) electrons. The number of fused-ring (bicyclic) bond motifs is 1. The largest absolute Gasteiger partial charge is 0.490 e. The van der Waals surface area contributed by atoms with Crippen LogP contribution in [0.1, 0.15) is 17.0 Å². The number of alkyl halides is 3. The Morgan fingerprint density at radius 1 is 1.31 bits per heavy atom. The summed E-state index contributed by atoms with van der Waals surface area (Å²) < 4.78 is 70.0. The molecule has 14 heteroatoms. The lowest BCUT2D eigenvalue weighted by atomic mass is 10.1. The first-order valence-corrected chi connectivity index (χ1v) is 11.2. The smallest absolute Gasteiger partial charge is 0.486 e. The summed E-state index contributed by atoms with van der Waals surface area (Å²) in [5.41, 5.74) is 1.40. The number of pyridine rings is 1. The Kier molecular flexibility index (Phi) is 7.16. The van der Waals surface area contributed by atoms with E-state index < -0.39 is 22.2 Å². The number of aliphatic carboxylic acids is 1. The van der Waals surface area contributed by atoms with Gasteiger partial charge in [0.2, 0.25) is 0 Å². The minimum atomic E-state index is -5.08. The van der Waals surface area contributed by atoms with Gasteiger partial charge >= 0.3 is 12.1 Å². The number of thiophene rings is 1. The molecule has 32 heavy (non-hydrogen) atoms. The monoisotopic (exact) mass is 491 g/mol. The number of aromatic nitrogens is 2. The molecule has 9 nitrogen and oxygen atoms in total. The van der Waals surface area contributed by atoms with Gasteiger partial charge in [-0.25, -0.2) is 13.2 Å². The second kappa shape index (κ2) is 9.67. The van der Waals surface area contributed by atoms with Crippen molar-refractivity contribution in [2.45, 2.75) is 30.0 Å². The molecule has 0 saturated heterocycles. The lowest BCUT2D eigenvalue weighted by Gasteiger charge is -2.24. The Bertz CT molecular complexity index is 1150. The first kappa shape index (κ1) is 23.7. The van der Waals surface area contributed by atoms with Crippen molar-refractivity contribution in [3.05, 3.63) is 59.1 Å². The molecular weight excluding hydrogens is 475 g/mol. The Labute approximate surface area is 184 Å². The van der Waals surface area contributed by atoms with Crippen molar-refractivity contribution >= 4 is 27.3 Å². The van der Waals surface area contributed by atoms with Gasteiger partial charge in [0.05, 0.1) is 6.20 Å². The van der Waals surface area contributed by atoms with E-state index in [0.29, 0.717) is 28.6 Å². The first-order valence-electron chi connectivity index (χ1n) is 8.92. The second-order valence-corrected chi connectivity index (χ2v) is 9.44. The van der Waals surface area contributed by atoms with Gasteiger partial charge in [-0.05, 0) is 23.6 Å². The minimum absolute atomic E-state index is 0.206. The maximum Gasteiger partial charge on any atom is 0.490 e. The molecule has 1 N–H and O–H groups in total. The molecule has 4 heterocycles. The van der Waals surface area contributed by atoms with Crippen LogP contribution in [0.5, 0.6) is 5.75 Å². The van der Waals surface area contributed by atoms with Crippen LogP contribution in [-0.4, -0.2) is 46.7 Å². The zero-order valence-corrected chi connectivity index (χ0v) is 17.8. The van der Waals surface area contributed by atoms with Crippen molar-refractivity contribution in [3.63, 3.8) is 0 Å². The molecular formula is C18H16F3N3O6S2. The normalized spacial score (nSPS) is 14.2. The maximum atomic E-state index is 12.7. The van der Waals surface area contributed by atoms with Crippen LogP contribution in [0.25, 0.3) is 0 Å². The summed E-state index contributed by atoms with van der Waals surface area (Å²) in [4.78, 5) is 12.9. The number of halogens is 3. The summed E-state index contributed by atoms with van der Waals surface area (Å²) in [6.45, 7) is 0.827. The summed E-state index contributed by atoms with van der Waals surface area (Å²) >= 11 is 1.22. The molecule has 172 valence electrons. The average Bonchev–Trinajstić information content (AvgIpc) is 3.43. The van der Waals surface area contributed by atoms with E-state index in [-0.39, 0.29) is 13.2 Å². The van der Waals surface area contributed by atoms with E-state index in [1.807, 2.05) is 0 Å². The summed E-state index contributed by atoms with van der Waals surface area (Å²) in [6, 6.07) is 6.94. The van der Waals surface area contributed by atoms with E-state index in [1.165, 1.54) is 15.6 Å². The van der Waals surface area contributed by atoms with Crippen LogP contribution in [0.2, 0.25) is 0 Å². The van der Waals surface area contributed by atoms with Crippen molar-refractivity contribution in [1.82, 2.24) is 14.4 Å². The molecule has 1 aliphatic rings. The Morgan fingerprint density at radius 3 is 2.66 bits per heavy atom. The molecule has 4 rings (SSSR count). The third-order valence-electron chi connectivity index (χ3n) is 4.22. The highest BCUT2D eigenvalue weighted by molar-refractivity contribution is 7.91. The lowest BCUT2D eigenvalue weighted by molar-refractivity contribution is -0.192. The van der Waals surface area contributed by atoms with Crippen LogP contribution in [0.15, 0.2) is 50.8 Å². The zero-order valence-electron chi connectivity index (χ0n) is 16.2. The maximum absolute atomic E-state index is 12.7. The van der Waals surface area contributed by atoms with Gasteiger partial charge in [0.1, 0.15) is 28.0 Å². The van der Waals surface area contributed by atoms with Crippen molar-refractivity contribution < 1.29 is 40.8 Å². The summed E-state index contributed by atoms with van der Waals surface area (Å²) in [7, 11) is -3.49. The highest BCUT2D eigenvalue weighted by atomic mass is 32.2. The standard InChI is InChI=1S/C16H15N3O4S2.C2HF3O2/c20-25(21,16-4-2-8-24-16)19-7-5-15-13(10-19)14(18-23-15)11-22-12-3-1-6-17-9-12;3-2(4,5)1(6)7/h1-4,6,8-9H,5,7,10-11H2;(H,6,7). The van der Waals surface area contributed by atoms with Crippen LogP contribution >= 0.6 is 11.3 Å². The Balaban J connectivity index is 0.000000360. The van der Waals surface area contributed by atoms with Crippen LogP contribution < -0.4 is 4.74 Å². The van der Waals surface area contributed by atoms with Gasteiger partial charge in [0, 0.05) is 31.3 Å². The number of carbonyl (C=O) groups is 1. The molecule has 3 aromatic heterocycles. The fourth-order valence-electron chi connectivity index (χ4n) is 2.68. The fourth-order valence-corrected chi connectivity index (χ4v) is 5.23. The average molecular weight is 491 g/mol. The molecule has 0 unspecified atom stereocenters. The van der Waals surface area contributed by atoms with E-state index in [0.717, 1.165) is 11.3 Å². The third-order valence-corrected chi connectivity index (χ3v) is 7.43. The number of carboxylic acid groups (broad SMARTS) is 1. The Morgan fingerprint density at radius 2 is 2.06 bits per heavy atom. The molecule has 0 saturated carbocycles. The van der Waals surface area contributed by atoms with Gasteiger partial charge in [-0.15, -0.1) is 11.3 Å². The summed E-state index contributed by atoms with van der Waals surface area (Å²) in [6.07, 6.45) is -1.31. The highest BCUT2D eigenvalue weighted by Gasteiger charge is 2.38. The number of ether oxygens (including phenoxy) is 1. The fraction of sp³-hybridized carbons (Fsp3) is 0.278.